The quantitative estimate of drug-likeness (QED) is 0.342. The number of nitrogens with zero attached hydrogens (tertiary/aromatic N) is 4. The lowest BCUT2D eigenvalue weighted by atomic mass is 10.1. The number of anilines is 2. The highest BCUT2D eigenvalue weighted by molar-refractivity contribution is 6.04. The van der Waals surface area contributed by atoms with Crippen molar-refractivity contribution in [3.8, 4) is 11.3 Å². The molecule has 1 aliphatic rings. The topological polar surface area (TPSA) is 90.9 Å². The summed E-state index contributed by atoms with van der Waals surface area (Å²) in [5.41, 5.74) is 6.74. The van der Waals surface area contributed by atoms with Gasteiger partial charge < -0.3 is 20.1 Å². The maximum absolute atomic E-state index is 12.8. The van der Waals surface area contributed by atoms with Crippen molar-refractivity contribution < 1.29 is 4.79 Å². The van der Waals surface area contributed by atoms with Crippen LogP contribution in [-0.2, 0) is 6.54 Å². The first-order chi connectivity index (χ1) is 17.7. The molecule has 8 heteroatoms. The molecule has 1 amide bonds. The smallest absolute Gasteiger partial charge is 0.256 e. The van der Waals surface area contributed by atoms with Gasteiger partial charge in [-0.1, -0.05) is 36.4 Å². The number of nitrogens with one attached hydrogen (secondary N) is 3. The van der Waals surface area contributed by atoms with E-state index in [2.05, 4.69) is 53.5 Å². The third-order valence-corrected chi connectivity index (χ3v) is 6.56. The van der Waals surface area contributed by atoms with E-state index in [0.717, 1.165) is 60.7 Å². The highest BCUT2D eigenvalue weighted by atomic mass is 16.1. The molecule has 0 radical (unpaired) electrons. The van der Waals surface area contributed by atoms with Crippen LogP contribution in [0, 0.1) is 0 Å². The number of amides is 1. The predicted molar refractivity (Wildman–Crippen MR) is 142 cm³/mol. The Hall–Kier alpha value is -4.43. The van der Waals surface area contributed by atoms with Gasteiger partial charge in [-0.3, -0.25) is 9.89 Å². The van der Waals surface area contributed by atoms with E-state index >= 15 is 0 Å². The van der Waals surface area contributed by atoms with E-state index in [-0.39, 0.29) is 5.91 Å². The van der Waals surface area contributed by atoms with Crippen molar-refractivity contribution in [2.75, 3.05) is 36.4 Å². The minimum atomic E-state index is -0.184. The molecule has 6 rings (SSSR count). The lowest BCUT2D eigenvalue weighted by Crippen LogP contribution is -2.43. The highest BCUT2D eigenvalue weighted by Gasteiger charge is 2.14. The summed E-state index contributed by atoms with van der Waals surface area (Å²) < 4.78 is 2.14. The van der Waals surface area contributed by atoms with E-state index in [1.807, 2.05) is 67.0 Å². The van der Waals surface area contributed by atoms with Crippen molar-refractivity contribution in [3.05, 3.63) is 96.3 Å². The molecule has 3 heterocycles. The number of carbonyl (C=O) groups is 1. The second-order valence-electron chi connectivity index (χ2n) is 8.97. The van der Waals surface area contributed by atoms with Crippen LogP contribution in [0.2, 0.25) is 0 Å². The first kappa shape index (κ1) is 22.1. The number of benzene rings is 3. The van der Waals surface area contributed by atoms with Crippen molar-refractivity contribution in [1.82, 2.24) is 25.1 Å². The first-order valence-corrected chi connectivity index (χ1v) is 12.1. The number of hydrogen-bond donors (Lipinski definition) is 3. The molecule has 0 atom stereocenters. The van der Waals surface area contributed by atoms with Gasteiger partial charge in [0.1, 0.15) is 0 Å². The number of rotatable bonds is 6. The Bertz CT molecular complexity index is 1480. The molecule has 180 valence electrons. The molecule has 1 aliphatic heterocycles. The summed E-state index contributed by atoms with van der Waals surface area (Å²) in [7, 11) is 0. The standard InChI is InChI=1S/C28H27N7O/c36-28(21-6-9-23(10-7-21)34-14-12-29-13-15-34)31-27-17-25(32-33-27)22-8-11-24-26(16-22)35(19-30-24)18-20-4-2-1-3-5-20/h1-11,16-17,19,29H,12-15,18H2,(H2,31,32,33,36). The van der Waals surface area contributed by atoms with E-state index in [1.165, 1.54) is 5.56 Å². The van der Waals surface area contributed by atoms with Gasteiger partial charge in [0.05, 0.1) is 23.1 Å². The number of carbonyl (C=O) groups excluding carboxylic acids is 1. The molecule has 0 saturated carbocycles. The molecular weight excluding hydrogens is 450 g/mol. The monoisotopic (exact) mass is 477 g/mol. The molecule has 0 unspecified atom stereocenters. The minimum Gasteiger partial charge on any atom is -0.369 e. The number of piperazine rings is 1. The van der Waals surface area contributed by atoms with Crippen molar-refractivity contribution >= 4 is 28.4 Å². The molecule has 0 spiro atoms. The largest absolute Gasteiger partial charge is 0.369 e. The zero-order valence-electron chi connectivity index (χ0n) is 19.8. The number of fused-ring (bicyclic) bond motifs is 1. The fraction of sp³-hybridized carbons (Fsp3) is 0.179. The van der Waals surface area contributed by atoms with E-state index < -0.39 is 0 Å². The maximum atomic E-state index is 12.8. The molecule has 1 saturated heterocycles. The normalized spacial score (nSPS) is 13.7. The third kappa shape index (κ3) is 4.58. The Labute approximate surface area is 209 Å². The predicted octanol–water partition coefficient (Wildman–Crippen LogP) is 4.14. The van der Waals surface area contributed by atoms with Crippen LogP contribution in [0.4, 0.5) is 11.5 Å². The summed E-state index contributed by atoms with van der Waals surface area (Å²) in [6.07, 6.45) is 1.87. The van der Waals surface area contributed by atoms with E-state index in [0.29, 0.717) is 11.4 Å². The van der Waals surface area contributed by atoms with Gasteiger partial charge in [0.25, 0.3) is 5.91 Å². The Morgan fingerprint density at radius 3 is 2.56 bits per heavy atom. The molecule has 36 heavy (non-hydrogen) atoms. The Balaban J connectivity index is 1.16. The highest BCUT2D eigenvalue weighted by Crippen LogP contribution is 2.25. The molecule has 0 bridgehead atoms. The van der Waals surface area contributed by atoms with Crippen LogP contribution in [-0.4, -0.2) is 51.8 Å². The SMILES string of the molecule is O=C(Nc1cc(-c2ccc3ncn(Cc4ccccc4)c3c2)[nH]n1)c1ccc(N2CCNCC2)cc1. The van der Waals surface area contributed by atoms with Crippen LogP contribution in [0.3, 0.4) is 0 Å². The summed E-state index contributed by atoms with van der Waals surface area (Å²) in [5.74, 6) is 0.301. The zero-order chi connectivity index (χ0) is 24.3. The number of imidazole rings is 1. The van der Waals surface area contributed by atoms with Gasteiger partial charge >= 0.3 is 0 Å². The summed E-state index contributed by atoms with van der Waals surface area (Å²) in [4.78, 5) is 19.7. The van der Waals surface area contributed by atoms with Crippen molar-refractivity contribution in [3.63, 3.8) is 0 Å². The van der Waals surface area contributed by atoms with Crippen LogP contribution in [0.15, 0.2) is 85.2 Å². The number of hydrogen-bond acceptors (Lipinski definition) is 5. The number of H-pyrrole nitrogens is 1. The molecule has 0 aliphatic carbocycles. The van der Waals surface area contributed by atoms with Crippen molar-refractivity contribution in [1.29, 1.82) is 0 Å². The molecule has 3 N–H and O–H groups in total. The molecule has 8 nitrogen and oxygen atoms in total. The second-order valence-corrected chi connectivity index (χ2v) is 8.97. The average molecular weight is 478 g/mol. The Morgan fingerprint density at radius 2 is 1.75 bits per heavy atom. The molecular formula is C28H27N7O. The third-order valence-electron chi connectivity index (χ3n) is 6.56. The first-order valence-electron chi connectivity index (χ1n) is 12.1. The van der Waals surface area contributed by atoms with Gasteiger partial charge in [0.15, 0.2) is 5.82 Å². The molecule has 5 aromatic rings. The summed E-state index contributed by atoms with van der Waals surface area (Å²) >= 11 is 0. The second kappa shape index (κ2) is 9.67. The van der Waals surface area contributed by atoms with Gasteiger partial charge in [-0.2, -0.15) is 5.10 Å². The van der Waals surface area contributed by atoms with Crippen molar-refractivity contribution in [2.45, 2.75) is 6.54 Å². The van der Waals surface area contributed by atoms with Gasteiger partial charge in [0.2, 0.25) is 0 Å². The number of aromatic nitrogens is 4. The Morgan fingerprint density at radius 1 is 0.944 bits per heavy atom. The van der Waals surface area contributed by atoms with Gasteiger partial charge in [-0.15, -0.1) is 0 Å². The summed E-state index contributed by atoms with van der Waals surface area (Å²) in [6.45, 7) is 4.65. The van der Waals surface area contributed by atoms with Crippen LogP contribution in [0.1, 0.15) is 15.9 Å². The molecule has 3 aromatic carbocycles. The molecule has 2 aromatic heterocycles. The van der Waals surface area contributed by atoms with Gasteiger partial charge in [-0.05, 0) is 42.0 Å². The van der Waals surface area contributed by atoms with Crippen LogP contribution in [0.25, 0.3) is 22.3 Å². The van der Waals surface area contributed by atoms with E-state index in [1.54, 1.807) is 0 Å². The zero-order valence-corrected chi connectivity index (χ0v) is 19.8. The maximum Gasteiger partial charge on any atom is 0.256 e. The van der Waals surface area contributed by atoms with Crippen LogP contribution in [0.5, 0.6) is 0 Å². The average Bonchev–Trinajstić information content (AvgIpc) is 3.57. The van der Waals surface area contributed by atoms with E-state index in [4.69, 9.17) is 0 Å². The van der Waals surface area contributed by atoms with Crippen LogP contribution < -0.4 is 15.5 Å². The fourth-order valence-electron chi connectivity index (χ4n) is 4.60. The molecule has 1 fully saturated rings. The van der Waals surface area contributed by atoms with Crippen LogP contribution >= 0.6 is 0 Å². The minimum absolute atomic E-state index is 0.184. The summed E-state index contributed by atoms with van der Waals surface area (Å²) in [6, 6.07) is 26.0. The lowest BCUT2D eigenvalue weighted by Gasteiger charge is -2.29. The number of aromatic amines is 1. The lowest BCUT2D eigenvalue weighted by molar-refractivity contribution is 0.102. The Kier molecular flexibility index (Phi) is 5.93. The van der Waals surface area contributed by atoms with E-state index in [9.17, 15) is 4.79 Å². The van der Waals surface area contributed by atoms with Crippen molar-refractivity contribution in [2.24, 2.45) is 0 Å². The van der Waals surface area contributed by atoms with Gasteiger partial charge in [0, 0.05) is 55.6 Å². The summed E-state index contributed by atoms with van der Waals surface area (Å²) in [5, 5.41) is 13.6. The van der Waals surface area contributed by atoms with Gasteiger partial charge in [-0.25, -0.2) is 4.98 Å². The fourth-order valence-corrected chi connectivity index (χ4v) is 4.60.